The highest BCUT2D eigenvalue weighted by molar-refractivity contribution is 9.10. The smallest absolute Gasteiger partial charge is 0.297 e. The highest BCUT2D eigenvalue weighted by Gasteiger charge is 2.38. The molecule has 21 nitrogen and oxygen atoms in total. The molecule has 7 heterocycles. The average Bonchev–Trinajstić information content (AvgIpc) is 1.63. The number of aryl methyl sites for hydroxylation is 2. The van der Waals surface area contributed by atoms with Crippen LogP contribution >= 0.6 is 50.2 Å². The van der Waals surface area contributed by atoms with Crippen LogP contribution in [0.5, 0.6) is 0 Å². The Morgan fingerprint density at radius 1 is 0.537 bits per heavy atom. The predicted molar refractivity (Wildman–Crippen MR) is 486 cm³/mol. The van der Waals surface area contributed by atoms with Crippen molar-refractivity contribution >= 4 is 138 Å². The number of nitrogens with two attached hydrogens (primary N) is 3. The fraction of sp³-hybridized carbons (Fsp3) is 0.253. The summed E-state index contributed by atoms with van der Waals surface area (Å²) in [6, 6.07) is 58.6. The second-order valence-electron chi connectivity index (χ2n) is 30.7. The molecule has 8 aromatic carbocycles. The third-order valence-electron chi connectivity index (χ3n) is 21.0. The van der Waals surface area contributed by atoms with E-state index in [0.29, 0.717) is 108 Å². The molecular weight excluding hydrogens is 1650 g/mol. The minimum absolute atomic E-state index is 0.00607. The van der Waals surface area contributed by atoms with E-state index in [1.165, 1.54) is 45.4 Å². The number of aromatic nitrogens is 6. The fourth-order valence-electron chi connectivity index (χ4n) is 15.3. The van der Waals surface area contributed by atoms with Crippen molar-refractivity contribution in [2.75, 3.05) is 39.3 Å². The number of hydrogen-bond donors (Lipinski definition) is 4. The first-order valence-corrected chi connectivity index (χ1v) is 42.7. The number of thiophene rings is 2. The van der Waals surface area contributed by atoms with Crippen molar-refractivity contribution in [1.29, 1.82) is 0 Å². The number of carbonyl (C=O) groups is 3. The molecule has 0 radical (unpaired) electrons. The normalized spacial score (nSPS) is 12.4. The van der Waals surface area contributed by atoms with Crippen molar-refractivity contribution in [3.8, 4) is 12.3 Å². The fourth-order valence-corrected chi connectivity index (χ4v) is 17.7. The van der Waals surface area contributed by atoms with Gasteiger partial charge in [-0.25, -0.2) is 19.3 Å². The van der Waals surface area contributed by atoms with E-state index in [4.69, 9.17) is 59.0 Å². The molecule has 3 amide bonds. The van der Waals surface area contributed by atoms with E-state index in [2.05, 4.69) is 35.7 Å². The quantitative estimate of drug-likeness (QED) is 0.0289. The summed E-state index contributed by atoms with van der Waals surface area (Å²) in [5.41, 5.74) is 25.6. The number of aliphatic hydroxyl groups is 1. The standard InChI is InChI=1S/C32H28BrFN4O3.C32H34N4O2S.C31H31ClN4O4S/c1-4-20-6-5-7-21(16-20)18-38-30(36-27-25-17-24(34)12-13-26(25)41-29(27)32(38)40)28(19(2)3)37(15-14-35)31(39)22-8-10-23(33)11-9-22;1-21(2)28(35(19-9-18-33)31(37)24-16-14-22(3)15-17-24)30-34-27-25-12-7-8-13-26(25)39-29(27)32(38)36(30)20-23-10-5-4-6-11-23;1-18(2)27(35(14-13-33)30(38)20-6-4-19(3)5-7-20)29-34-26-24-16-21(32)8-11-25(24)40-28(26)31(39)36(29)17-23-10-9-22(41-23)12-15-37/h1,5-13,16-17,19,28H,14-15,18,35H2,2-3H3;4-8,10-17,21,28H,9,18-20,33H2,1-3H3;4-12,15-16,18,27,37H,13-14,17,33H2,1-3H3/b;;15-12+. The second kappa shape index (κ2) is 38.6. The molecule has 620 valence electrons. The van der Waals surface area contributed by atoms with Gasteiger partial charge in [-0.3, -0.25) is 42.5 Å². The summed E-state index contributed by atoms with van der Waals surface area (Å²) in [4.78, 5) is 106. The van der Waals surface area contributed by atoms with E-state index < -0.39 is 29.5 Å². The summed E-state index contributed by atoms with van der Waals surface area (Å²) < 4.78 is 33.5. The second-order valence-corrected chi connectivity index (χ2v) is 34.3. The van der Waals surface area contributed by atoms with Crippen LogP contribution in [0, 0.1) is 49.8 Å². The summed E-state index contributed by atoms with van der Waals surface area (Å²) in [5, 5.41) is 11.7. The number of furan rings is 2. The molecule has 0 spiro atoms. The molecule has 3 atom stereocenters. The van der Waals surface area contributed by atoms with Gasteiger partial charge in [-0.15, -0.1) is 29.1 Å². The van der Waals surface area contributed by atoms with E-state index in [-0.39, 0.29) is 103 Å². The Labute approximate surface area is 720 Å². The van der Waals surface area contributed by atoms with Crippen LogP contribution in [0.4, 0.5) is 4.39 Å². The van der Waals surface area contributed by atoms with Crippen LogP contribution in [0.2, 0.25) is 5.02 Å². The van der Waals surface area contributed by atoms with Gasteiger partial charge in [0, 0.05) is 95.1 Å². The Kier molecular flexibility index (Phi) is 27.7. The lowest BCUT2D eigenvalue weighted by Gasteiger charge is -2.35. The molecule has 0 aliphatic heterocycles. The minimum Gasteiger partial charge on any atom is -0.516 e. The largest absolute Gasteiger partial charge is 0.516 e. The van der Waals surface area contributed by atoms with Gasteiger partial charge in [-0.05, 0) is 177 Å². The predicted octanol–water partition coefficient (Wildman–Crippen LogP) is 18.6. The molecule has 0 bridgehead atoms. The SMILES string of the molecule is C#Cc1cccc(Cn2c(C(C(C)C)N(CCN)C(=O)c3ccc(Br)cc3)nc3c(oc4ccc(F)cc43)c2=O)c1.Cc1ccc(C(=O)N(CCCN)C(c2nc3c(sc4ccccc43)c(=O)n2Cc2ccccc2)C(C)C)cc1.Cc1ccc(C(=O)N(CCN)C(c2nc3c(oc4ccc(Cl)cc43)c(=O)n2Cc2ccc(/C=C/O)s2)C(C)C)cc1. The van der Waals surface area contributed by atoms with Crippen LogP contribution in [-0.4, -0.2) is 105 Å². The first-order valence-electron chi connectivity index (χ1n) is 39.9. The monoisotopic (exact) mass is 1740 g/mol. The van der Waals surface area contributed by atoms with Crippen LogP contribution in [0.15, 0.2) is 234 Å². The van der Waals surface area contributed by atoms with E-state index >= 15 is 0 Å². The molecule has 26 heteroatoms. The maximum Gasteiger partial charge on any atom is 0.297 e. The summed E-state index contributed by atoms with van der Waals surface area (Å²) in [5.74, 6) is 2.69. The first kappa shape index (κ1) is 86.8. The molecule has 15 aromatic rings. The maximum atomic E-state index is 14.3. The van der Waals surface area contributed by atoms with Gasteiger partial charge in [-0.1, -0.05) is 171 Å². The number of hydrogen-bond acceptors (Lipinski definition) is 17. The summed E-state index contributed by atoms with van der Waals surface area (Å²) in [6.07, 6.45) is 8.84. The van der Waals surface area contributed by atoms with Crippen molar-refractivity contribution in [3.63, 3.8) is 0 Å². The van der Waals surface area contributed by atoms with Crippen LogP contribution in [-0.2, 0) is 19.6 Å². The van der Waals surface area contributed by atoms with Crippen molar-refractivity contribution in [3.05, 3.63) is 325 Å². The van der Waals surface area contributed by atoms with Crippen molar-refractivity contribution in [1.82, 2.24) is 43.4 Å². The van der Waals surface area contributed by atoms with E-state index in [0.717, 1.165) is 52.8 Å². The molecule has 0 fully saturated rings. The molecule has 0 aliphatic rings. The van der Waals surface area contributed by atoms with Crippen LogP contribution in [0.25, 0.3) is 70.5 Å². The zero-order valence-corrected chi connectivity index (χ0v) is 72.2. The van der Waals surface area contributed by atoms with Crippen LogP contribution < -0.4 is 33.9 Å². The van der Waals surface area contributed by atoms with E-state index in [1.807, 2.05) is 168 Å². The zero-order valence-electron chi connectivity index (χ0n) is 68.2. The van der Waals surface area contributed by atoms with Crippen LogP contribution in [0.3, 0.4) is 0 Å². The van der Waals surface area contributed by atoms with Gasteiger partial charge in [0.25, 0.3) is 34.4 Å². The van der Waals surface area contributed by atoms with Crippen LogP contribution in [0.1, 0.15) is 152 Å². The summed E-state index contributed by atoms with van der Waals surface area (Å²) in [6.45, 7) is 18.6. The average molecular weight is 1750 g/mol. The molecule has 7 N–H and O–H groups in total. The molecule has 0 saturated carbocycles. The number of nitrogens with zero attached hydrogens (tertiary/aromatic N) is 9. The number of terminal acetylenes is 1. The number of fused-ring (bicyclic) bond motifs is 9. The van der Waals surface area contributed by atoms with Gasteiger partial charge in [-0.2, -0.15) is 0 Å². The van der Waals surface area contributed by atoms with Gasteiger partial charge in [0.1, 0.15) is 50.2 Å². The topological polar surface area (TPSA) is 290 Å². The highest BCUT2D eigenvalue weighted by atomic mass is 79.9. The van der Waals surface area contributed by atoms with E-state index in [9.17, 15) is 38.3 Å². The highest BCUT2D eigenvalue weighted by Crippen LogP contribution is 2.39. The molecule has 7 aromatic heterocycles. The molecule has 0 aliphatic carbocycles. The lowest BCUT2D eigenvalue weighted by Crippen LogP contribution is -2.43. The number of carbonyl (C=O) groups excluding carboxylic acids is 3. The van der Waals surface area contributed by atoms with Crippen molar-refractivity contribution in [2.24, 2.45) is 35.0 Å². The summed E-state index contributed by atoms with van der Waals surface area (Å²) in [7, 11) is 0. The Balaban J connectivity index is 0.000000157. The molecule has 3 unspecified atom stereocenters. The number of aliphatic hydroxyl groups excluding tert-OH is 1. The lowest BCUT2D eigenvalue weighted by molar-refractivity contribution is 0.0599. The number of rotatable bonds is 26. The molecule has 15 rings (SSSR count). The summed E-state index contributed by atoms with van der Waals surface area (Å²) >= 11 is 12.6. The third kappa shape index (κ3) is 19.0. The van der Waals surface area contributed by atoms with Gasteiger partial charge in [0.05, 0.1) is 49.5 Å². The van der Waals surface area contributed by atoms with Gasteiger partial charge in [0.2, 0.25) is 11.2 Å². The molecule has 0 saturated heterocycles. The number of halogens is 3. The Hall–Kier alpha value is -12.0. The Morgan fingerprint density at radius 3 is 1.55 bits per heavy atom. The lowest BCUT2D eigenvalue weighted by atomic mass is 9.98. The minimum atomic E-state index is -0.652. The van der Waals surface area contributed by atoms with Gasteiger partial charge < -0.3 is 45.8 Å². The maximum absolute atomic E-state index is 14.3. The van der Waals surface area contributed by atoms with Crippen molar-refractivity contribution < 1.29 is 32.7 Å². The zero-order chi connectivity index (χ0) is 86.0. The van der Waals surface area contributed by atoms with E-state index in [1.54, 1.807) is 85.7 Å². The third-order valence-corrected chi connectivity index (χ3v) is 24.0. The Morgan fingerprint density at radius 2 is 1.02 bits per heavy atom. The van der Waals surface area contributed by atoms with Crippen molar-refractivity contribution in [2.45, 2.75) is 99.6 Å². The number of benzene rings is 8. The Bertz CT molecular complexity index is 6570. The first-order chi connectivity index (χ1) is 58.3. The number of amides is 3. The molecule has 121 heavy (non-hydrogen) atoms. The van der Waals surface area contributed by atoms with Gasteiger partial charge in [0.15, 0.2) is 0 Å². The molecular formula is C95H93BrClFN12O9S2. The van der Waals surface area contributed by atoms with Gasteiger partial charge >= 0.3 is 0 Å².